The molecule has 1 aromatic heterocycles. The van der Waals surface area contributed by atoms with E-state index in [-0.39, 0.29) is 17.3 Å². The highest BCUT2D eigenvalue weighted by molar-refractivity contribution is 7.98. The first-order valence-electron chi connectivity index (χ1n) is 7.41. The van der Waals surface area contributed by atoms with E-state index < -0.39 is 11.8 Å². The van der Waals surface area contributed by atoms with Crippen molar-refractivity contribution in [3.05, 3.63) is 47.3 Å². The van der Waals surface area contributed by atoms with Crippen LogP contribution in [0.2, 0.25) is 0 Å². The highest BCUT2D eigenvalue weighted by Crippen LogP contribution is 2.35. The van der Waals surface area contributed by atoms with Gasteiger partial charge in [-0.05, 0) is 37.4 Å². The minimum Gasteiger partial charge on any atom is -0.508 e. The van der Waals surface area contributed by atoms with Gasteiger partial charge in [0, 0.05) is 17.2 Å². The van der Waals surface area contributed by atoms with Crippen LogP contribution in [0.1, 0.15) is 6.92 Å². The van der Waals surface area contributed by atoms with E-state index in [1.165, 1.54) is 36.9 Å². The van der Waals surface area contributed by atoms with E-state index in [0.717, 1.165) is 5.01 Å². The Hall–Kier alpha value is -3.38. The van der Waals surface area contributed by atoms with E-state index in [9.17, 15) is 14.7 Å². The number of carbonyl (C=O) groups is 2. The lowest BCUT2D eigenvalue weighted by molar-refractivity contribution is -0.135. The minimum absolute atomic E-state index is 0.0622. The Morgan fingerprint density at radius 2 is 1.92 bits per heavy atom. The Kier molecular flexibility index (Phi) is 4.60. The van der Waals surface area contributed by atoms with Crippen molar-refractivity contribution in [1.29, 1.82) is 0 Å². The van der Waals surface area contributed by atoms with Crippen LogP contribution in [-0.2, 0) is 9.59 Å². The lowest BCUT2D eigenvalue weighted by atomic mass is 10.2. The number of benzene rings is 1. The van der Waals surface area contributed by atoms with E-state index in [4.69, 9.17) is 6.57 Å². The molecule has 0 aliphatic carbocycles. The molecule has 0 atom stereocenters. The van der Waals surface area contributed by atoms with Gasteiger partial charge < -0.3 is 5.11 Å². The van der Waals surface area contributed by atoms with Crippen molar-refractivity contribution < 1.29 is 14.7 Å². The number of phenols is 1. The Bertz CT molecular complexity index is 979. The van der Waals surface area contributed by atoms with Crippen LogP contribution < -0.4 is 5.43 Å². The number of nitrogens with one attached hydrogen (secondary N) is 1. The van der Waals surface area contributed by atoms with Gasteiger partial charge in [0.15, 0.2) is 11.6 Å². The summed E-state index contributed by atoms with van der Waals surface area (Å²) in [7, 11) is 0. The number of hydrazine groups is 1. The van der Waals surface area contributed by atoms with Crippen LogP contribution in [0, 0.1) is 6.57 Å². The zero-order valence-electron chi connectivity index (χ0n) is 13.8. The molecule has 1 aliphatic rings. The standard InChI is InChI=1S/C17H13N5O3S/c1-9-8-12(24)22(17(9)25)21-15-13(18-2)16(26-3)20-14(19-15)10-4-6-11(23)7-5-10/h4-8,23H,1,3H3,(H,19,20,21). The summed E-state index contributed by atoms with van der Waals surface area (Å²) in [4.78, 5) is 36.2. The molecule has 130 valence electrons. The third kappa shape index (κ3) is 3.10. The molecule has 8 nitrogen and oxygen atoms in total. The largest absolute Gasteiger partial charge is 0.508 e. The smallest absolute Gasteiger partial charge is 0.275 e. The van der Waals surface area contributed by atoms with Gasteiger partial charge in [-0.1, -0.05) is 0 Å². The first kappa shape index (κ1) is 17.4. The Labute approximate surface area is 153 Å². The number of phenolic OH excluding ortho intramolecular Hbond substituents is 1. The Morgan fingerprint density at radius 3 is 2.46 bits per heavy atom. The van der Waals surface area contributed by atoms with Crippen LogP contribution >= 0.6 is 11.8 Å². The number of aromatic hydroxyl groups is 1. The fraction of sp³-hybridized carbons (Fsp3) is 0.118. The predicted molar refractivity (Wildman–Crippen MR) is 96.4 cm³/mol. The number of hydrogen-bond acceptors (Lipinski definition) is 7. The molecule has 2 amide bonds. The fourth-order valence-electron chi connectivity index (χ4n) is 2.29. The first-order valence-corrected chi connectivity index (χ1v) is 8.63. The molecular formula is C17H13N5O3S. The summed E-state index contributed by atoms with van der Waals surface area (Å²) in [6, 6.07) is 6.25. The van der Waals surface area contributed by atoms with Crippen molar-refractivity contribution in [2.75, 3.05) is 11.7 Å². The average Bonchev–Trinajstić information content (AvgIpc) is 2.87. The third-order valence-electron chi connectivity index (χ3n) is 3.60. The molecule has 0 unspecified atom stereocenters. The molecule has 2 N–H and O–H groups in total. The summed E-state index contributed by atoms with van der Waals surface area (Å²) in [5.74, 6) is -0.564. The molecule has 0 fully saturated rings. The van der Waals surface area contributed by atoms with Gasteiger partial charge in [0.1, 0.15) is 10.8 Å². The number of amides is 2. The maximum absolute atomic E-state index is 12.1. The van der Waals surface area contributed by atoms with Gasteiger partial charge in [-0.2, -0.15) is 5.01 Å². The summed E-state index contributed by atoms with van der Waals surface area (Å²) in [6.07, 6.45) is 2.98. The van der Waals surface area contributed by atoms with Crippen molar-refractivity contribution in [3.63, 3.8) is 0 Å². The number of hydrogen-bond donors (Lipinski definition) is 2. The molecule has 1 aromatic carbocycles. The van der Waals surface area contributed by atoms with Gasteiger partial charge in [0.2, 0.25) is 0 Å². The predicted octanol–water partition coefficient (Wildman–Crippen LogP) is 2.76. The van der Waals surface area contributed by atoms with E-state index in [1.54, 1.807) is 18.4 Å². The highest BCUT2D eigenvalue weighted by Gasteiger charge is 2.30. The molecule has 1 aliphatic heterocycles. The maximum atomic E-state index is 12.1. The summed E-state index contributed by atoms with van der Waals surface area (Å²) < 4.78 is 0. The lowest BCUT2D eigenvalue weighted by Crippen LogP contribution is -2.36. The third-order valence-corrected chi connectivity index (χ3v) is 4.27. The second-order valence-electron chi connectivity index (χ2n) is 5.33. The van der Waals surface area contributed by atoms with E-state index in [2.05, 4.69) is 20.2 Å². The fourth-order valence-corrected chi connectivity index (χ4v) is 2.81. The molecular weight excluding hydrogens is 354 g/mol. The van der Waals surface area contributed by atoms with Crippen molar-refractivity contribution >= 4 is 35.1 Å². The molecule has 0 saturated carbocycles. The number of anilines is 1. The van der Waals surface area contributed by atoms with Crippen LogP contribution in [-0.4, -0.2) is 38.2 Å². The number of aromatic nitrogens is 2. The van der Waals surface area contributed by atoms with Gasteiger partial charge >= 0.3 is 0 Å². The monoisotopic (exact) mass is 367 g/mol. The summed E-state index contributed by atoms with van der Waals surface area (Å²) in [5, 5.41) is 10.7. The Morgan fingerprint density at radius 1 is 1.23 bits per heavy atom. The molecule has 2 heterocycles. The van der Waals surface area contributed by atoms with E-state index >= 15 is 0 Å². The van der Waals surface area contributed by atoms with Gasteiger partial charge in [0.05, 0.1) is 6.57 Å². The van der Waals surface area contributed by atoms with E-state index in [1.807, 2.05) is 0 Å². The van der Waals surface area contributed by atoms with Crippen LogP contribution in [0.3, 0.4) is 0 Å². The van der Waals surface area contributed by atoms with Gasteiger partial charge in [-0.25, -0.2) is 14.8 Å². The minimum atomic E-state index is -0.529. The second-order valence-corrected chi connectivity index (χ2v) is 6.13. The summed E-state index contributed by atoms with van der Waals surface area (Å²) >= 11 is 1.25. The molecule has 26 heavy (non-hydrogen) atoms. The first-order chi connectivity index (χ1) is 12.4. The van der Waals surface area contributed by atoms with Crippen LogP contribution in [0.5, 0.6) is 5.75 Å². The number of thioether (sulfide) groups is 1. The Balaban J connectivity index is 2.07. The van der Waals surface area contributed by atoms with Crippen molar-refractivity contribution in [2.24, 2.45) is 0 Å². The molecule has 3 rings (SSSR count). The molecule has 9 heteroatoms. The quantitative estimate of drug-likeness (QED) is 0.371. The maximum Gasteiger partial charge on any atom is 0.275 e. The van der Waals surface area contributed by atoms with Crippen molar-refractivity contribution in [1.82, 2.24) is 15.0 Å². The molecule has 2 aromatic rings. The molecule has 0 saturated heterocycles. The van der Waals surface area contributed by atoms with Gasteiger partial charge in [0.25, 0.3) is 17.5 Å². The van der Waals surface area contributed by atoms with Crippen molar-refractivity contribution in [2.45, 2.75) is 11.9 Å². The topological polar surface area (TPSA) is 99.8 Å². The van der Waals surface area contributed by atoms with E-state index in [0.29, 0.717) is 22.0 Å². The zero-order valence-corrected chi connectivity index (χ0v) is 14.7. The lowest BCUT2D eigenvalue weighted by Gasteiger charge is -2.18. The normalized spacial score (nSPS) is 13.6. The molecule has 0 spiro atoms. The number of nitrogens with zero attached hydrogens (tertiary/aromatic N) is 4. The molecule has 0 bridgehead atoms. The SMILES string of the molecule is [C-]#[N+]c1c(NN2C(=O)C=C(C)C2=O)nc(-c2ccc(O)cc2)nc1SC. The summed E-state index contributed by atoms with van der Waals surface area (Å²) in [5.41, 5.74) is 3.67. The highest BCUT2D eigenvalue weighted by atomic mass is 32.2. The molecule has 0 radical (unpaired) electrons. The van der Waals surface area contributed by atoms with Crippen molar-refractivity contribution in [3.8, 4) is 17.1 Å². The van der Waals surface area contributed by atoms with Crippen LogP contribution in [0.4, 0.5) is 11.5 Å². The zero-order chi connectivity index (χ0) is 18.8. The average molecular weight is 367 g/mol. The van der Waals surface area contributed by atoms with Gasteiger partial charge in [-0.3, -0.25) is 15.0 Å². The van der Waals surface area contributed by atoms with Crippen LogP contribution in [0.25, 0.3) is 16.2 Å². The number of imide groups is 1. The van der Waals surface area contributed by atoms with Gasteiger partial charge in [-0.15, -0.1) is 11.8 Å². The number of carbonyl (C=O) groups excluding carboxylic acids is 2. The number of rotatable bonds is 4. The second kappa shape index (κ2) is 6.85. The van der Waals surface area contributed by atoms with Crippen LogP contribution in [0.15, 0.2) is 40.9 Å². The summed E-state index contributed by atoms with van der Waals surface area (Å²) in [6.45, 7) is 8.94.